The van der Waals surface area contributed by atoms with E-state index in [4.69, 9.17) is 27.9 Å². The van der Waals surface area contributed by atoms with E-state index in [1.165, 1.54) is 42.5 Å². The number of benzene rings is 3. The summed E-state index contributed by atoms with van der Waals surface area (Å²) >= 11 is 12.4. The van der Waals surface area contributed by atoms with Gasteiger partial charge in [0.25, 0.3) is 15.9 Å². The zero-order valence-electron chi connectivity index (χ0n) is 22.2. The number of likely N-dealkylation sites (tertiary alicyclic amines) is 1. The van der Waals surface area contributed by atoms with Gasteiger partial charge in [0.1, 0.15) is 17.3 Å². The van der Waals surface area contributed by atoms with E-state index in [0.29, 0.717) is 34.6 Å². The van der Waals surface area contributed by atoms with Gasteiger partial charge in [-0.05, 0) is 79.6 Å². The van der Waals surface area contributed by atoms with Crippen molar-refractivity contribution in [2.24, 2.45) is 0 Å². The summed E-state index contributed by atoms with van der Waals surface area (Å²) in [4.78, 5) is 15.5. The number of fused-ring (bicyclic) bond motifs is 1. The van der Waals surface area contributed by atoms with Gasteiger partial charge in [-0.1, -0.05) is 41.4 Å². The Morgan fingerprint density at radius 3 is 2.55 bits per heavy atom. The number of para-hydroxylation sites is 1. The van der Waals surface area contributed by atoms with Crippen molar-refractivity contribution in [1.82, 2.24) is 19.5 Å². The number of hydrogen-bond acceptors (Lipinski definition) is 6. The second kappa shape index (κ2) is 11.6. The van der Waals surface area contributed by atoms with Crippen LogP contribution in [-0.4, -0.2) is 46.9 Å². The van der Waals surface area contributed by atoms with Crippen LogP contribution < -0.4 is 9.46 Å². The summed E-state index contributed by atoms with van der Waals surface area (Å²) in [6.45, 7) is 0.942. The van der Waals surface area contributed by atoms with Gasteiger partial charge in [-0.2, -0.15) is 0 Å². The fraction of sp³-hybridized carbons (Fsp3) is 0.167. The first-order valence-electron chi connectivity index (χ1n) is 13.2. The number of nitrogens with zero attached hydrogens (tertiary/aromatic N) is 4. The molecule has 6 rings (SSSR count). The Morgan fingerprint density at radius 2 is 1.74 bits per heavy atom. The molecule has 1 atom stereocenters. The summed E-state index contributed by atoms with van der Waals surface area (Å²) in [5, 5.41) is 9.38. The van der Waals surface area contributed by atoms with E-state index in [-0.39, 0.29) is 28.0 Å². The number of hydrogen-bond donors (Lipinski definition) is 1. The van der Waals surface area contributed by atoms with Crippen LogP contribution in [0.4, 0.5) is 5.69 Å². The van der Waals surface area contributed by atoms with E-state index in [2.05, 4.69) is 14.9 Å². The van der Waals surface area contributed by atoms with Gasteiger partial charge in [0.05, 0.1) is 21.2 Å². The maximum atomic E-state index is 13.8. The Balaban J connectivity index is 1.21. The van der Waals surface area contributed by atoms with Crippen molar-refractivity contribution in [1.29, 1.82) is 0 Å². The Morgan fingerprint density at radius 1 is 0.952 bits per heavy atom. The highest BCUT2D eigenvalue weighted by Gasteiger charge is 2.30. The van der Waals surface area contributed by atoms with E-state index in [1.54, 1.807) is 29.2 Å². The monoisotopic (exact) mass is 621 g/mol. The number of halogens is 2. The molecule has 1 fully saturated rings. The lowest BCUT2D eigenvalue weighted by molar-refractivity contribution is 0.0705. The minimum atomic E-state index is -4.05. The summed E-state index contributed by atoms with van der Waals surface area (Å²) < 4.78 is 37.0. The van der Waals surface area contributed by atoms with Gasteiger partial charge in [0.15, 0.2) is 5.65 Å². The number of anilines is 1. The highest BCUT2D eigenvalue weighted by Crippen LogP contribution is 2.32. The average molecular weight is 623 g/mol. The molecule has 0 aliphatic carbocycles. The zero-order chi connectivity index (χ0) is 29.3. The molecule has 0 spiro atoms. The molecule has 1 aliphatic heterocycles. The van der Waals surface area contributed by atoms with Crippen LogP contribution in [0.2, 0.25) is 10.0 Å². The normalized spacial score (nSPS) is 15.5. The Kier molecular flexibility index (Phi) is 7.76. The van der Waals surface area contributed by atoms with Crippen LogP contribution in [-0.2, 0) is 10.0 Å². The van der Waals surface area contributed by atoms with Crippen LogP contribution in [0.1, 0.15) is 34.9 Å². The standard InChI is InChI=1S/C30H25Cl2N5O4S/c31-21-10-15-26(35-42(39,40)23-13-11-22(12-14-23)41-27-8-2-1-7-25(27)32)24(18-21)30(38)36-16-5-6-20(19-36)29-34-33-28-9-3-4-17-37(28)29/h1-4,7-15,17-18,20,35H,5-6,16,19H2/t20-/m0/s1. The number of piperidine rings is 1. The van der Waals surface area contributed by atoms with Crippen molar-refractivity contribution in [3.05, 3.63) is 113 Å². The molecule has 3 aromatic carbocycles. The Labute approximate surface area is 252 Å². The number of sulfonamides is 1. The van der Waals surface area contributed by atoms with Crippen LogP contribution in [0.25, 0.3) is 5.65 Å². The van der Waals surface area contributed by atoms with Crippen molar-refractivity contribution in [2.45, 2.75) is 23.7 Å². The fourth-order valence-electron chi connectivity index (χ4n) is 5.01. The minimum absolute atomic E-state index is 0.000853. The smallest absolute Gasteiger partial charge is 0.261 e. The topological polar surface area (TPSA) is 106 Å². The minimum Gasteiger partial charge on any atom is -0.456 e. The molecule has 214 valence electrons. The van der Waals surface area contributed by atoms with Crippen LogP contribution in [0.3, 0.4) is 0 Å². The number of pyridine rings is 1. The van der Waals surface area contributed by atoms with E-state index >= 15 is 0 Å². The number of rotatable bonds is 7. The maximum absolute atomic E-state index is 13.8. The first-order chi connectivity index (χ1) is 20.3. The van der Waals surface area contributed by atoms with Crippen molar-refractivity contribution >= 4 is 50.5 Å². The molecule has 1 saturated heterocycles. The predicted molar refractivity (Wildman–Crippen MR) is 161 cm³/mol. The van der Waals surface area contributed by atoms with Crippen molar-refractivity contribution in [3.8, 4) is 11.5 Å². The molecule has 3 heterocycles. The predicted octanol–water partition coefficient (Wildman–Crippen LogP) is 6.65. The van der Waals surface area contributed by atoms with E-state index in [9.17, 15) is 13.2 Å². The molecular weight excluding hydrogens is 597 g/mol. The number of ether oxygens (including phenoxy) is 1. The lowest BCUT2D eigenvalue weighted by Crippen LogP contribution is -2.40. The second-order valence-electron chi connectivity index (χ2n) is 9.88. The molecule has 2 aromatic heterocycles. The largest absolute Gasteiger partial charge is 0.456 e. The quantitative estimate of drug-likeness (QED) is 0.218. The molecule has 0 radical (unpaired) electrons. The third-order valence-electron chi connectivity index (χ3n) is 7.07. The van der Waals surface area contributed by atoms with Gasteiger partial charge in [0, 0.05) is 30.2 Å². The van der Waals surface area contributed by atoms with Crippen molar-refractivity contribution in [3.63, 3.8) is 0 Å². The summed E-state index contributed by atoms with van der Waals surface area (Å²) in [6.07, 6.45) is 3.53. The van der Waals surface area contributed by atoms with Gasteiger partial charge in [0.2, 0.25) is 0 Å². The first-order valence-corrected chi connectivity index (χ1v) is 15.5. The Hall–Kier alpha value is -4.12. The van der Waals surface area contributed by atoms with E-state index in [1.807, 2.05) is 28.8 Å². The SMILES string of the molecule is O=C(c1cc(Cl)ccc1NS(=O)(=O)c1ccc(Oc2ccccc2Cl)cc1)N1CCC[C@H](c2nnc3ccccn23)C1. The van der Waals surface area contributed by atoms with Crippen LogP contribution >= 0.6 is 23.2 Å². The van der Waals surface area contributed by atoms with Gasteiger partial charge in [-0.15, -0.1) is 10.2 Å². The third-order valence-corrected chi connectivity index (χ3v) is 9.00. The number of nitrogens with one attached hydrogen (secondary N) is 1. The zero-order valence-corrected chi connectivity index (χ0v) is 24.5. The molecule has 0 unspecified atom stereocenters. The fourth-order valence-corrected chi connectivity index (χ4v) is 6.43. The molecule has 9 nitrogen and oxygen atoms in total. The number of amides is 1. The lowest BCUT2D eigenvalue weighted by atomic mass is 9.96. The lowest BCUT2D eigenvalue weighted by Gasteiger charge is -2.32. The van der Waals surface area contributed by atoms with Crippen molar-refractivity contribution in [2.75, 3.05) is 17.8 Å². The molecule has 5 aromatic rings. The number of carbonyl (C=O) groups excluding carboxylic acids is 1. The van der Waals surface area contributed by atoms with E-state index < -0.39 is 10.0 Å². The molecule has 12 heteroatoms. The van der Waals surface area contributed by atoms with Crippen LogP contribution in [0.15, 0.2) is 96.0 Å². The van der Waals surface area contributed by atoms with E-state index in [0.717, 1.165) is 24.3 Å². The van der Waals surface area contributed by atoms with Crippen LogP contribution in [0, 0.1) is 0 Å². The maximum Gasteiger partial charge on any atom is 0.261 e. The average Bonchev–Trinajstić information content (AvgIpc) is 3.43. The third kappa shape index (κ3) is 5.78. The molecule has 0 bridgehead atoms. The molecule has 42 heavy (non-hydrogen) atoms. The number of aromatic nitrogens is 3. The van der Waals surface area contributed by atoms with Gasteiger partial charge >= 0.3 is 0 Å². The second-order valence-corrected chi connectivity index (χ2v) is 12.4. The summed E-state index contributed by atoms with van der Waals surface area (Å²) in [6, 6.07) is 23.1. The molecule has 1 N–H and O–H groups in total. The highest BCUT2D eigenvalue weighted by molar-refractivity contribution is 7.92. The highest BCUT2D eigenvalue weighted by atomic mass is 35.5. The summed E-state index contributed by atoms with van der Waals surface area (Å²) in [7, 11) is -4.05. The van der Waals surface area contributed by atoms with Gasteiger partial charge < -0.3 is 9.64 Å². The molecular formula is C30H25Cl2N5O4S. The molecule has 1 aliphatic rings. The number of carbonyl (C=O) groups is 1. The summed E-state index contributed by atoms with van der Waals surface area (Å²) in [5.41, 5.74) is 1.04. The van der Waals surface area contributed by atoms with Crippen molar-refractivity contribution < 1.29 is 17.9 Å². The summed E-state index contributed by atoms with van der Waals surface area (Å²) in [5.74, 6) is 1.32. The van der Waals surface area contributed by atoms with Gasteiger partial charge in [-0.25, -0.2) is 8.42 Å². The Bertz CT molecular complexity index is 1880. The molecule has 1 amide bonds. The first kappa shape index (κ1) is 28.0. The molecule has 0 saturated carbocycles. The van der Waals surface area contributed by atoms with Crippen LogP contribution in [0.5, 0.6) is 11.5 Å². The van der Waals surface area contributed by atoms with Gasteiger partial charge in [-0.3, -0.25) is 13.9 Å².